The SMILES string of the molecule is Nc1ncncc1OC[C@H]1CCNC[C@@H]1F. The fourth-order valence-corrected chi connectivity index (χ4v) is 1.70. The van der Waals surface area contributed by atoms with Gasteiger partial charge < -0.3 is 15.8 Å². The van der Waals surface area contributed by atoms with E-state index in [0.29, 0.717) is 24.7 Å². The Morgan fingerprint density at radius 3 is 3.25 bits per heavy atom. The molecule has 1 aromatic rings. The van der Waals surface area contributed by atoms with Gasteiger partial charge in [0.1, 0.15) is 12.5 Å². The number of hydrogen-bond donors (Lipinski definition) is 2. The average molecular weight is 226 g/mol. The van der Waals surface area contributed by atoms with Crippen molar-refractivity contribution in [1.29, 1.82) is 0 Å². The van der Waals surface area contributed by atoms with Gasteiger partial charge in [0.05, 0.1) is 12.8 Å². The van der Waals surface area contributed by atoms with Crippen LogP contribution >= 0.6 is 0 Å². The molecule has 1 aliphatic rings. The molecule has 6 heteroatoms. The molecule has 0 aliphatic carbocycles. The third-order valence-electron chi connectivity index (χ3n) is 2.70. The molecule has 0 saturated carbocycles. The van der Waals surface area contributed by atoms with E-state index in [9.17, 15) is 4.39 Å². The van der Waals surface area contributed by atoms with Gasteiger partial charge in [0, 0.05) is 12.5 Å². The highest BCUT2D eigenvalue weighted by Crippen LogP contribution is 2.20. The summed E-state index contributed by atoms with van der Waals surface area (Å²) in [5, 5.41) is 2.99. The van der Waals surface area contributed by atoms with Crippen LogP contribution in [0.2, 0.25) is 0 Å². The van der Waals surface area contributed by atoms with Gasteiger partial charge in [0.2, 0.25) is 0 Å². The number of hydrogen-bond acceptors (Lipinski definition) is 5. The van der Waals surface area contributed by atoms with Gasteiger partial charge >= 0.3 is 0 Å². The number of aromatic nitrogens is 2. The summed E-state index contributed by atoms with van der Waals surface area (Å²) in [5.74, 6) is 0.633. The molecule has 1 fully saturated rings. The first-order chi connectivity index (χ1) is 7.77. The van der Waals surface area contributed by atoms with Crippen molar-refractivity contribution in [3.8, 4) is 5.75 Å². The number of anilines is 1. The number of rotatable bonds is 3. The van der Waals surface area contributed by atoms with Crippen LogP contribution < -0.4 is 15.8 Å². The molecular formula is C10H15FN4O. The van der Waals surface area contributed by atoms with Crippen molar-refractivity contribution in [2.24, 2.45) is 5.92 Å². The first-order valence-electron chi connectivity index (χ1n) is 5.30. The summed E-state index contributed by atoms with van der Waals surface area (Å²) < 4.78 is 18.9. The summed E-state index contributed by atoms with van der Waals surface area (Å²) in [4.78, 5) is 7.60. The van der Waals surface area contributed by atoms with Crippen molar-refractivity contribution in [2.75, 3.05) is 25.4 Å². The third kappa shape index (κ3) is 2.57. The summed E-state index contributed by atoms with van der Waals surface area (Å²) in [6.45, 7) is 1.55. The van der Waals surface area contributed by atoms with Crippen molar-refractivity contribution < 1.29 is 9.13 Å². The van der Waals surface area contributed by atoms with Gasteiger partial charge in [-0.15, -0.1) is 0 Å². The van der Waals surface area contributed by atoms with Gasteiger partial charge in [0.25, 0.3) is 0 Å². The first-order valence-corrected chi connectivity index (χ1v) is 5.30. The fraction of sp³-hybridized carbons (Fsp3) is 0.600. The van der Waals surface area contributed by atoms with Crippen LogP contribution in [0.1, 0.15) is 6.42 Å². The molecule has 1 saturated heterocycles. The fourth-order valence-electron chi connectivity index (χ4n) is 1.70. The first kappa shape index (κ1) is 11.1. The van der Waals surface area contributed by atoms with Gasteiger partial charge in [-0.05, 0) is 13.0 Å². The number of nitrogens with zero attached hydrogens (tertiary/aromatic N) is 2. The predicted molar refractivity (Wildman–Crippen MR) is 57.8 cm³/mol. The Labute approximate surface area is 93.2 Å². The van der Waals surface area contributed by atoms with E-state index in [1.54, 1.807) is 0 Å². The molecule has 1 aliphatic heterocycles. The van der Waals surface area contributed by atoms with Crippen molar-refractivity contribution in [2.45, 2.75) is 12.6 Å². The number of nitrogens with two attached hydrogens (primary N) is 1. The molecule has 0 radical (unpaired) electrons. The van der Waals surface area contributed by atoms with E-state index >= 15 is 0 Å². The maximum atomic E-state index is 13.4. The number of nitrogen functional groups attached to an aromatic ring is 1. The second-order valence-corrected chi connectivity index (χ2v) is 3.85. The Bertz CT molecular complexity index is 349. The lowest BCUT2D eigenvalue weighted by Gasteiger charge is -2.26. The zero-order valence-corrected chi connectivity index (χ0v) is 8.90. The van der Waals surface area contributed by atoms with E-state index < -0.39 is 6.17 Å². The summed E-state index contributed by atoms with van der Waals surface area (Å²) in [6.07, 6.45) is 2.76. The third-order valence-corrected chi connectivity index (χ3v) is 2.70. The lowest BCUT2D eigenvalue weighted by atomic mass is 9.97. The van der Waals surface area contributed by atoms with E-state index in [-0.39, 0.29) is 5.92 Å². The minimum absolute atomic E-state index is 0.0825. The Morgan fingerprint density at radius 2 is 2.50 bits per heavy atom. The summed E-state index contributed by atoms with van der Waals surface area (Å²) in [7, 11) is 0. The molecule has 0 bridgehead atoms. The molecule has 88 valence electrons. The van der Waals surface area contributed by atoms with Crippen molar-refractivity contribution in [1.82, 2.24) is 15.3 Å². The standard InChI is InChI=1S/C10H15FN4O/c11-8-3-13-2-1-7(8)5-16-9-4-14-6-15-10(9)12/h4,6-8,13H,1-3,5H2,(H2,12,14,15)/t7-,8+/m1/s1. The minimum Gasteiger partial charge on any atom is -0.488 e. The molecule has 5 nitrogen and oxygen atoms in total. The highest BCUT2D eigenvalue weighted by atomic mass is 19.1. The molecular weight excluding hydrogens is 211 g/mol. The van der Waals surface area contributed by atoms with Gasteiger partial charge in [-0.1, -0.05) is 0 Å². The van der Waals surface area contributed by atoms with Crippen LogP contribution in [-0.4, -0.2) is 35.8 Å². The molecule has 2 heterocycles. The summed E-state index contributed by atoms with van der Waals surface area (Å²) in [5.41, 5.74) is 5.59. The van der Waals surface area contributed by atoms with Gasteiger partial charge in [-0.2, -0.15) is 0 Å². The zero-order chi connectivity index (χ0) is 11.4. The summed E-state index contributed by atoms with van der Waals surface area (Å²) in [6, 6.07) is 0. The van der Waals surface area contributed by atoms with Crippen LogP contribution in [0.5, 0.6) is 5.75 Å². The quantitative estimate of drug-likeness (QED) is 0.779. The van der Waals surface area contributed by atoms with Crippen LogP contribution in [0.15, 0.2) is 12.5 Å². The Balaban J connectivity index is 1.89. The van der Waals surface area contributed by atoms with Gasteiger partial charge in [0.15, 0.2) is 11.6 Å². The van der Waals surface area contributed by atoms with Crippen LogP contribution in [0.25, 0.3) is 0 Å². The summed E-state index contributed by atoms with van der Waals surface area (Å²) >= 11 is 0. The predicted octanol–water partition coefficient (Wildman–Crippen LogP) is 0.385. The van der Waals surface area contributed by atoms with Gasteiger partial charge in [-0.25, -0.2) is 14.4 Å². The van der Waals surface area contributed by atoms with E-state index in [0.717, 1.165) is 13.0 Å². The zero-order valence-electron chi connectivity index (χ0n) is 8.90. The number of alkyl halides is 1. The maximum Gasteiger partial charge on any atom is 0.179 e. The molecule has 0 aromatic carbocycles. The van der Waals surface area contributed by atoms with Crippen LogP contribution in [0, 0.1) is 5.92 Å². The molecule has 0 spiro atoms. The Morgan fingerprint density at radius 1 is 1.62 bits per heavy atom. The topological polar surface area (TPSA) is 73.1 Å². The highest BCUT2D eigenvalue weighted by Gasteiger charge is 2.25. The van der Waals surface area contributed by atoms with E-state index in [1.165, 1.54) is 12.5 Å². The molecule has 1 aromatic heterocycles. The smallest absolute Gasteiger partial charge is 0.179 e. The van der Waals surface area contributed by atoms with Gasteiger partial charge in [-0.3, -0.25) is 0 Å². The second kappa shape index (κ2) is 5.07. The number of ether oxygens (including phenoxy) is 1. The van der Waals surface area contributed by atoms with Crippen molar-refractivity contribution >= 4 is 5.82 Å². The number of piperidine rings is 1. The van der Waals surface area contributed by atoms with E-state index in [1.807, 2.05) is 0 Å². The minimum atomic E-state index is -0.861. The maximum absolute atomic E-state index is 13.4. The molecule has 3 N–H and O–H groups in total. The molecule has 2 atom stereocenters. The highest BCUT2D eigenvalue weighted by molar-refractivity contribution is 5.42. The number of nitrogens with one attached hydrogen (secondary N) is 1. The monoisotopic (exact) mass is 226 g/mol. The molecule has 2 rings (SSSR count). The van der Waals surface area contributed by atoms with E-state index in [4.69, 9.17) is 10.5 Å². The van der Waals surface area contributed by atoms with E-state index in [2.05, 4.69) is 15.3 Å². The van der Waals surface area contributed by atoms with Crippen molar-refractivity contribution in [3.05, 3.63) is 12.5 Å². The molecule has 16 heavy (non-hydrogen) atoms. The Kier molecular flexibility index (Phi) is 3.51. The normalized spacial score (nSPS) is 25.3. The lowest BCUT2D eigenvalue weighted by molar-refractivity contribution is 0.122. The van der Waals surface area contributed by atoms with Crippen LogP contribution in [0.3, 0.4) is 0 Å². The largest absolute Gasteiger partial charge is 0.488 e. The lowest BCUT2D eigenvalue weighted by Crippen LogP contribution is -2.40. The van der Waals surface area contributed by atoms with Crippen LogP contribution in [-0.2, 0) is 0 Å². The molecule has 0 unspecified atom stereocenters. The number of halogens is 1. The van der Waals surface area contributed by atoms with Crippen LogP contribution in [0.4, 0.5) is 10.2 Å². The average Bonchev–Trinajstić information content (AvgIpc) is 2.30. The second-order valence-electron chi connectivity index (χ2n) is 3.85. The molecule has 0 amide bonds. The Hall–Kier alpha value is -1.43. The van der Waals surface area contributed by atoms with Crippen molar-refractivity contribution in [3.63, 3.8) is 0 Å².